The molecule has 122 valence electrons. The van der Waals surface area contributed by atoms with Crippen LogP contribution < -0.4 is 10.6 Å². The summed E-state index contributed by atoms with van der Waals surface area (Å²) in [7, 11) is 0. The van der Waals surface area contributed by atoms with Crippen LogP contribution in [0.5, 0.6) is 0 Å². The second-order valence-corrected chi connectivity index (χ2v) is 5.71. The number of hydrogen-bond acceptors (Lipinski definition) is 2. The van der Waals surface area contributed by atoms with Crippen molar-refractivity contribution in [3.63, 3.8) is 0 Å². The molecule has 1 atom stereocenters. The molecule has 2 N–H and O–H groups in total. The Bertz CT molecular complexity index is 605. The number of hydrogen-bond donors (Lipinski definition) is 2. The van der Waals surface area contributed by atoms with Gasteiger partial charge in [-0.2, -0.15) is 0 Å². The van der Waals surface area contributed by atoms with Gasteiger partial charge in [0, 0.05) is 19.3 Å². The Morgan fingerprint density at radius 1 is 1.13 bits per heavy atom. The first-order valence-electron chi connectivity index (χ1n) is 8.17. The summed E-state index contributed by atoms with van der Waals surface area (Å²) < 4.78 is 0. The van der Waals surface area contributed by atoms with Gasteiger partial charge >= 0.3 is 0 Å². The molecule has 0 bridgehead atoms. The van der Waals surface area contributed by atoms with E-state index in [2.05, 4.69) is 65.6 Å². The maximum absolute atomic E-state index is 4.60. The Labute approximate surface area is 139 Å². The summed E-state index contributed by atoms with van der Waals surface area (Å²) in [6.45, 7) is 8.67. The predicted octanol–water partition coefficient (Wildman–Crippen LogP) is 3.25. The van der Waals surface area contributed by atoms with Crippen molar-refractivity contribution in [3.05, 3.63) is 65.5 Å². The van der Waals surface area contributed by atoms with Crippen molar-refractivity contribution in [3.8, 4) is 0 Å². The Kier molecular flexibility index (Phi) is 6.60. The molecule has 1 aromatic heterocycles. The van der Waals surface area contributed by atoms with E-state index in [1.807, 2.05) is 18.2 Å². The largest absolute Gasteiger partial charge is 0.357 e. The highest BCUT2D eigenvalue weighted by molar-refractivity contribution is 5.79. The second kappa shape index (κ2) is 8.93. The van der Waals surface area contributed by atoms with Crippen LogP contribution in [0, 0.1) is 6.92 Å². The quantitative estimate of drug-likeness (QED) is 0.636. The first kappa shape index (κ1) is 17.0. The third-order valence-electron chi connectivity index (χ3n) is 3.69. The lowest BCUT2D eigenvalue weighted by Crippen LogP contribution is -2.39. The van der Waals surface area contributed by atoms with Gasteiger partial charge < -0.3 is 10.6 Å². The summed E-state index contributed by atoms with van der Waals surface area (Å²) in [4.78, 5) is 8.89. The number of nitrogens with zero attached hydrogens (tertiary/aromatic N) is 2. The summed E-state index contributed by atoms with van der Waals surface area (Å²) in [5.74, 6) is 1.26. The van der Waals surface area contributed by atoms with Gasteiger partial charge in [0.05, 0.1) is 12.2 Å². The smallest absolute Gasteiger partial charge is 0.191 e. The van der Waals surface area contributed by atoms with Crippen LogP contribution in [-0.2, 0) is 6.54 Å². The fraction of sp³-hybridized carbons (Fsp3) is 0.368. The van der Waals surface area contributed by atoms with Crippen molar-refractivity contribution < 1.29 is 0 Å². The van der Waals surface area contributed by atoms with E-state index in [0.717, 1.165) is 24.7 Å². The lowest BCUT2D eigenvalue weighted by molar-refractivity contribution is 0.699. The molecule has 23 heavy (non-hydrogen) atoms. The molecule has 4 heteroatoms. The predicted molar refractivity (Wildman–Crippen MR) is 96.6 cm³/mol. The van der Waals surface area contributed by atoms with Gasteiger partial charge in [-0.25, -0.2) is 4.99 Å². The van der Waals surface area contributed by atoms with Gasteiger partial charge in [0.25, 0.3) is 0 Å². The number of aliphatic imine (C=N–C) groups is 1. The molecular formula is C19H26N4. The van der Waals surface area contributed by atoms with Crippen LogP contribution >= 0.6 is 0 Å². The van der Waals surface area contributed by atoms with Gasteiger partial charge in [-0.1, -0.05) is 42.8 Å². The Balaban J connectivity index is 1.92. The highest BCUT2D eigenvalue weighted by atomic mass is 15.2. The molecule has 0 spiro atoms. The molecule has 0 aliphatic heterocycles. The molecule has 0 aliphatic rings. The highest BCUT2D eigenvalue weighted by Gasteiger charge is 2.06. The maximum atomic E-state index is 4.60. The zero-order chi connectivity index (χ0) is 16.5. The second-order valence-electron chi connectivity index (χ2n) is 5.71. The molecule has 1 unspecified atom stereocenters. The third kappa shape index (κ3) is 5.74. The molecule has 0 radical (unpaired) electrons. The van der Waals surface area contributed by atoms with Crippen molar-refractivity contribution in [1.29, 1.82) is 0 Å². The molecule has 1 heterocycles. The molecule has 2 rings (SSSR count). The normalized spacial score (nSPS) is 12.7. The number of nitrogens with one attached hydrogen (secondary N) is 2. The minimum atomic E-state index is 0.425. The molecule has 0 aliphatic carbocycles. The summed E-state index contributed by atoms with van der Waals surface area (Å²) >= 11 is 0. The summed E-state index contributed by atoms with van der Waals surface area (Å²) in [5, 5.41) is 6.69. The van der Waals surface area contributed by atoms with Gasteiger partial charge in [0.1, 0.15) is 0 Å². The van der Waals surface area contributed by atoms with Crippen molar-refractivity contribution in [2.24, 2.45) is 4.99 Å². The Morgan fingerprint density at radius 3 is 2.57 bits per heavy atom. The lowest BCUT2D eigenvalue weighted by atomic mass is 10.0. The molecule has 0 saturated heterocycles. The van der Waals surface area contributed by atoms with E-state index in [1.54, 1.807) is 6.20 Å². The zero-order valence-corrected chi connectivity index (χ0v) is 14.2. The monoisotopic (exact) mass is 310 g/mol. The minimum Gasteiger partial charge on any atom is -0.357 e. The van der Waals surface area contributed by atoms with Crippen molar-refractivity contribution in [2.75, 3.05) is 13.1 Å². The molecule has 2 aromatic rings. The summed E-state index contributed by atoms with van der Waals surface area (Å²) in [5.41, 5.74) is 3.60. The van der Waals surface area contributed by atoms with Gasteiger partial charge in [0.2, 0.25) is 0 Å². The fourth-order valence-corrected chi connectivity index (χ4v) is 2.26. The van der Waals surface area contributed by atoms with Crippen LogP contribution in [0.25, 0.3) is 0 Å². The summed E-state index contributed by atoms with van der Waals surface area (Å²) in [6, 6.07) is 14.6. The number of benzene rings is 1. The topological polar surface area (TPSA) is 49.3 Å². The Hall–Kier alpha value is -2.36. The lowest BCUT2D eigenvalue weighted by Gasteiger charge is -2.16. The molecular weight excluding hydrogens is 284 g/mol. The number of aryl methyl sites for hydroxylation is 1. The average molecular weight is 310 g/mol. The van der Waals surface area contributed by atoms with Crippen molar-refractivity contribution in [1.82, 2.24) is 15.6 Å². The van der Waals surface area contributed by atoms with E-state index >= 15 is 0 Å². The van der Waals surface area contributed by atoms with Crippen LogP contribution in [-0.4, -0.2) is 24.0 Å². The van der Waals surface area contributed by atoms with Crippen molar-refractivity contribution in [2.45, 2.75) is 33.2 Å². The number of rotatable bonds is 6. The third-order valence-corrected chi connectivity index (χ3v) is 3.69. The maximum Gasteiger partial charge on any atom is 0.191 e. The van der Waals surface area contributed by atoms with Crippen LogP contribution in [0.1, 0.15) is 36.6 Å². The standard InChI is InChI=1S/C19H26N4/c1-4-20-19(23-14-18-7-5-6-12-21-18)22-13-16(3)17-10-8-15(2)9-11-17/h5-12,16H,4,13-14H2,1-3H3,(H2,20,22,23). The van der Waals surface area contributed by atoms with E-state index in [4.69, 9.17) is 0 Å². The minimum absolute atomic E-state index is 0.425. The molecule has 1 aromatic carbocycles. The van der Waals surface area contributed by atoms with E-state index in [9.17, 15) is 0 Å². The van der Waals surface area contributed by atoms with Crippen LogP contribution in [0.4, 0.5) is 0 Å². The Morgan fingerprint density at radius 2 is 1.91 bits per heavy atom. The van der Waals surface area contributed by atoms with Crippen molar-refractivity contribution >= 4 is 5.96 Å². The molecule has 0 amide bonds. The SMILES string of the molecule is CCNC(=NCc1ccccn1)NCC(C)c1ccc(C)cc1. The van der Waals surface area contributed by atoms with Crippen LogP contribution in [0.15, 0.2) is 53.7 Å². The van der Waals surface area contributed by atoms with E-state index in [1.165, 1.54) is 11.1 Å². The number of aromatic nitrogens is 1. The van der Waals surface area contributed by atoms with E-state index < -0.39 is 0 Å². The van der Waals surface area contributed by atoms with Crippen LogP contribution in [0.2, 0.25) is 0 Å². The first-order valence-corrected chi connectivity index (χ1v) is 8.17. The molecule has 4 nitrogen and oxygen atoms in total. The van der Waals surface area contributed by atoms with E-state index in [-0.39, 0.29) is 0 Å². The van der Waals surface area contributed by atoms with Gasteiger partial charge in [-0.05, 0) is 37.5 Å². The number of pyridine rings is 1. The van der Waals surface area contributed by atoms with Gasteiger partial charge in [-0.15, -0.1) is 0 Å². The van der Waals surface area contributed by atoms with E-state index in [0.29, 0.717) is 12.5 Å². The number of guanidine groups is 1. The molecule has 0 fully saturated rings. The zero-order valence-electron chi connectivity index (χ0n) is 14.2. The van der Waals surface area contributed by atoms with Crippen LogP contribution in [0.3, 0.4) is 0 Å². The molecule has 0 saturated carbocycles. The van der Waals surface area contributed by atoms with Gasteiger partial charge in [-0.3, -0.25) is 4.98 Å². The van der Waals surface area contributed by atoms with Gasteiger partial charge in [0.15, 0.2) is 5.96 Å². The fourth-order valence-electron chi connectivity index (χ4n) is 2.26. The summed E-state index contributed by atoms with van der Waals surface area (Å²) in [6.07, 6.45) is 1.80. The average Bonchev–Trinajstić information content (AvgIpc) is 2.58. The highest BCUT2D eigenvalue weighted by Crippen LogP contribution is 2.14. The first-order chi connectivity index (χ1) is 11.2.